The molecule has 1 aliphatic heterocycles. The van der Waals surface area contributed by atoms with Gasteiger partial charge in [-0.05, 0) is 37.1 Å². The second-order valence-corrected chi connectivity index (χ2v) is 7.43. The van der Waals surface area contributed by atoms with E-state index in [1.165, 1.54) is 0 Å². The van der Waals surface area contributed by atoms with E-state index in [2.05, 4.69) is 26.6 Å². The van der Waals surface area contributed by atoms with Crippen LogP contribution in [0.2, 0.25) is 5.02 Å². The lowest BCUT2D eigenvalue weighted by Crippen LogP contribution is -2.41. The van der Waals surface area contributed by atoms with E-state index in [4.69, 9.17) is 16.3 Å². The molecule has 0 aromatic heterocycles. The molecule has 0 bridgehead atoms. The summed E-state index contributed by atoms with van der Waals surface area (Å²) in [5, 5.41) is 7.39. The molecule has 0 aliphatic carbocycles. The third-order valence-corrected chi connectivity index (χ3v) is 4.75. The molecule has 1 saturated heterocycles. The molecule has 2 rings (SSSR count). The van der Waals surface area contributed by atoms with Crippen LogP contribution >= 0.6 is 35.6 Å². The van der Waals surface area contributed by atoms with Crippen molar-refractivity contribution in [3.8, 4) is 0 Å². The number of carbonyl (C=O) groups excluding carboxylic acids is 1. The van der Waals surface area contributed by atoms with Gasteiger partial charge in [-0.2, -0.15) is 0 Å². The summed E-state index contributed by atoms with van der Waals surface area (Å²) in [6.45, 7) is 6.30. The highest BCUT2D eigenvalue weighted by atomic mass is 127. The van der Waals surface area contributed by atoms with Crippen molar-refractivity contribution in [1.29, 1.82) is 0 Å². The Morgan fingerprint density at radius 3 is 2.66 bits per heavy atom. The van der Waals surface area contributed by atoms with E-state index in [9.17, 15) is 4.79 Å². The average molecular weight is 538 g/mol. The zero-order chi connectivity index (χ0) is 20.2. The summed E-state index contributed by atoms with van der Waals surface area (Å²) in [6.07, 6.45) is 1.84. The van der Waals surface area contributed by atoms with Gasteiger partial charge >= 0.3 is 0 Å². The van der Waals surface area contributed by atoms with Gasteiger partial charge in [0.1, 0.15) is 6.54 Å². The van der Waals surface area contributed by atoms with Gasteiger partial charge in [-0.15, -0.1) is 24.0 Å². The van der Waals surface area contributed by atoms with Crippen LogP contribution in [-0.2, 0) is 16.0 Å². The lowest BCUT2D eigenvalue weighted by atomic mass is 10.1. The molecule has 1 aliphatic rings. The number of morpholine rings is 1. The first-order chi connectivity index (χ1) is 13.5. The summed E-state index contributed by atoms with van der Waals surface area (Å²) in [5.41, 5.74) is 1.16. The average Bonchev–Trinajstić information content (AvgIpc) is 2.69. The maximum absolute atomic E-state index is 11.8. The largest absolute Gasteiger partial charge is 0.379 e. The fourth-order valence-corrected chi connectivity index (χ4v) is 3.03. The zero-order valence-corrected chi connectivity index (χ0v) is 20.4. The Labute approximate surface area is 196 Å². The van der Waals surface area contributed by atoms with E-state index in [0.29, 0.717) is 12.5 Å². The number of nitrogens with one attached hydrogen (secondary N) is 2. The molecule has 29 heavy (non-hydrogen) atoms. The van der Waals surface area contributed by atoms with Gasteiger partial charge in [-0.3, -0.25) is 9.69 Å². The van der Waals surface area contributed by atoms with Crippen LogP contribution < -0.4 is 10.6 Å². The second-order valence-electron chi connectivity index (χ2n) is 6.99. The molecule has 1 aromatic carbocycles. The highest BCUT2D eigenvalue weighted by molar-refractivity contribution is 14.0. The minimum absolute atomic E-state index is 0. The van der Waals surface area contributed by atoms with Crippen LogP contribution in [0.15, 0.2) is 29.3 Å². The van der Waals surface area contributed by atoms with Gasteiger partial charge in [0.25, 0.3) is 0 Å². The van der Waals surface area contributed by atoms with E-state index >= 15 is 0 Å². The third-order valence-electron chi connectivity index (χ3n) is 4.51. The smallest absolute Gasteiger partial charge is 0.243 e. The Bertz CT molecular complexity index is 639. The normalized spacial score (nSPS) is 14.8. The molecule has 2 N–H and O–H groups in total. The topological polar surface area (TPSA) is 69.2 Å². The summed E-state index contributed by atoms with van der Waals surface area (Å²) >= 11 is 6.04. The molecule has 7 nitrogen and oxygen atoms in total. The monoisotopic (exact) mass is 537 g/mol. The van der Waals surface area contributed by atoms with Crippen molar-refractivity contribution in [3.63, 3.8) is 0 Å². The van der Waals surface area contributed by atoms with Gasteiger partial charge in [0, 0.05) is 45.3 Å². The third kappa shape index (κ3) is 11.0. The Morgan fingerprint density at radius 1 is 1.24 bits per heavy atom. The molecule has 9 heteroatoms. The summed E-state index contributed by atoms with van der Waals surface area (Å²) in [4.78, 5) is 20.2. The Morgan fingerprint density at radius 2 is 1.97 bits per heavy atom. The number of benzene rings is 1. The molecule has 1 heterocycles. The maximum Gasteiger partial charge on any atom is 0.243 e. The van der Waals surface area contributed by atoms with Crippen molar-refractivity contribution in [3.05, 3.63) is 34.9 Å². The predicted octanol–water partition coefficient (Wildman–Crippen LogP) is 1.85. The molecule has 1 amide bonds. The van der Waals surface area contributed by atoms with Crippen molar-refractivity contribution >= 4 is 47.4 Å². The SMILES string of the molecule is CN(C)C(=O)CN=C(NCCCN1CCOCC1)NCCc1cccc(Cl)c1.I. The van der Waals surface area contributed by atoms with Gasteiger partial charge in [-0.25, -0.2) is 4.99 Å². The van der Waals surface area contributed by atoms with Gasteiger partial charge in [0.05, 0.1) is 13.2 Å². The van der Waals surface area contributed by atoms with Gasteiger partial charge in [-0.1, -0.05) is 23.7 Å². The molecular weight excluding hydrogens is 505 g/mol. The van der Waals surface area contributed by atoms with E-state index in [1.54, 1.807) is 19.0 Å². The van der Waals surface area contributed by atoms with Crippen LogP contribution in [0.3, 0.4) is 0 Å². The number of likely N-dealkylation sites (N-methyl/N-ethyl adjacent to an activating group) is 1. The molecule has 0 saturated carbocycles. The number of amides is 1. The van der Waals surface area contributed by atoms with Gasteiger partial charge in [0.15, 0.2) is 5.96 Å². The summed E-state index contributed by atoms with van der Waals surface area (Å²) in [5.74, 6) is 0.642. The molecule has 164 valence electrons. The lowest BCUT2D eigenvalue weighted by molar-refractivity contribution is -0.127. The number of hydrogen-bond donors (Lipinski definition) is 2. The highest BCUT2D eigenvalue weighted by Gasteiger charge is 2.09. The number of aliphatic imine (C=N–C) groups is 1. The molecule has 0 atom stereocenters. The summed E-state index contributed by atoms with van der Waals surface area (Å²) in [6, 6.07) is 7.83. The highest BCUT2D eigenvalue weighted by Crippen LogP contribution is 2.10. The van der Waals surface area contributed by atoms with Crippen LogP contribution in [0, 0.1) is 0 Å². The second kappa shape index (κ2) is 14.8. The summed E-state index contributed by atoms with van der Waals surface area (Å²) < 4.78 is 5.38. The Hall–Kier alpha value is -1.10. The molecule has 0 unspecified atom stereocenters. The lowest BCUT2D eigenvalue weighted by Gasteiger charge is -2.26. The maximum atomic E-state index is 11.8. The minimum atomic E-state index is -0.0238. The van der Waals surface area contributed by atoms with Gasteiger partial charge in [0.2, 0.25) is 5.91 Å². The molecular formula is C20H33ClIN5O2. The van der Waals surface area contributed by atoms with Crippen LogP contribution in [0.25, 0.3) is 0 Å². The van der Waals surface area contributed by atoms with Crippen LogP contribution in [0.5, 0.6) is 0 Å². The van der Waals surface area contributed by atoms with Crippen molar-refractivity contribution in [2.45, 2.75) is 12.8 Å². The Balaban J connectivity index is 0.00000420. The van der Waals surface area contributed by atoms with E-state index in [1.807, 2.05) is 18.2 Å². The number of hydrogen-bond acceptors (Lipinski definition) is 4. The molecule has 0 radical (unpaired) electrons. The van der Waals surface area contributed by atoms with Crippen LogP contribution in [-0.4, -0.2) is 88.2 Å². The first kappa shape index (κ1) is 25.9. The standard InChI is InChI=1S/C20H32ClN5O2.HI/c1-25(2)19(27)16-24-20(22-8-4-10-26-11-13-28-14-12-26)23-9-7-17-5-3-6-18(21)15-17;/h3,5-6,15H,4,7-14,16H2,1-2H3,(H2,22,23,24);1H. The first-order valence-corrected chi connectivity index (χ1v) is 10.2. The number of rotatable bonds is 9. The fraction of sp³-hybridized carbons (Fsp3) is 0.600. The van der Waals surface area contributed by atoms with E-state index in [-0.39, 0.29) is 36.4 Å². The first-order valence-electron chi connectivity index (χ1n) is 9.81. The number of ether oxygens (including phenoxy) is 1. The number of guanidine groups is 1. The van der Waals surface area contributed by atoms with E-state index < -0.39 is 0 Å². The number of carbonyl (C=O) groups is 1. The number of halogens is 2. The van der Waals surface area contributed by atoms with Crippen LogP contribution in [0.4, 0.5) is 0 Å². The fourth-order valence-electron chi connectivity index (χ4n) is 2.81. The summed E-state index contributed by atoms with van der Waals surface area (Å²) in [7, 11) is 3.47. The predicted molar refractivity (Wildman–Crippen MR) is 129 cm³/mol. The zero-order valence-electron chi connectivity index (χ0n) is 17.3. The molecule has 1 aromatic rings. The van der Waals surface area contributed by atoms with Crippen molar-refractivity contribution in [2.75, 3.05) is 66.6 Å². The van der Waals surface area contributed by atoms with Crippen molar-refractivity contribution < 1.29 is 9.53 Å². The molecule has 0 spiro atoms. The molecule has 1 fully saturated rings. The van der Waals surface area contributed by atoms with Crippen molar-refractivity contribution in [1.82, 2.24) is 20.4 Å². The minimum Gasteiger partial charge on any atom is -0.379 e. The van der Waals surface area contributed by atoms with E-state index in [0.717, 1.165) is 62.8 Å². The van der Waals surface area contributed by atoms with Gasteiger partial charge < -0.3 is 20.3 Å². The Kier molecular flexibility index (Phi) is 13.2. The quantitative estimate of drug-likeness (QED) is 0.218. The van der Waals surface area contributed by atoms with Crippen LogP contribution in [0.1, 0.15) is 12.0 Å². The van der Waals surface area contributed by atoms with Crippen molar-refractivity contribution in [2.24, 2.45) is 4.99 Å². The number of nitrogens with zero attached hydrogens (tertiary/aromatic N) is 3.